The van der Waals surface area contributed by atoms with Gasteiger partial charge in [0.25, 0.3) is 0 Å². The van der Waals surface area contributed by atoms with Crippen molar-refractivity contribution in [3.05, 3.63) is 23.8 Å². The molecule has 26 heavy (non-hydrogen) atoms. The molecule has 144 valence electrons. The summed E-state index contributed by atoms with van der Waals surface area (Å²) >= 11 is 0. The standard InChI is InChI=1S/C19H29N3O3S/c1-12-5-4-6-17(14(12)3)21-19(23)11-22-13(2)9-15-10-16(26(20,24)25)7-8-18(15)22/h7-8,10,12-14,17H,4-6,9,11H2,1-3H3,(H,21,23)(H2,20,24,25)/t12-,13-,14+,17+/m1/s1. The Kier molecular flexibility index (Phi) is 5.30. The minimum atomic E-state index is -3.71. The number of benzene rings is 1. The molecule has 2 aliphatic rings. The van der Waals surface area contributed by atoms with Crippen LogP contribution < -0.4 is 15.4 Å². The summed E-state index contributed by atoms with van der Waals surface area (Å²) in [4.78, 5) is 14.8. The van der Waals surface area contributed by atoms with Gasteiger partial charge in [0.2, 0.25) is 15.9 Å². The van der Waals surface area contributed by atoms with Crippen molar-refractivity contribution in [2.75, 3.05) is 11.4 Å². The highest BCUT2D eigenvalue weighted by molar-refractivity contribution is 7.89. The van der Waals surface area contributed by atoms with Crippen LogP contribution in [-0.2, 0) is 21.2 Å². The van der Waals surface area contributed by atoms with Gasteiger partial charge in [-0.1, -0.05) is 26.7 Å². The topological polar surface area (TPSA) is 92.5 Å². The van der Waals surface area contributed by atoms with E-state index in [0.717, 1.165) is 24.1 Å². The molecule has 1 aliphatic heterocycles. The third kappa shape index (κ3) is 3.88. The first-order chi connectivity index (χ1) is 12.2. The zero-order chi connectivity index (χ0) is 19.1. The predicted octanol–water partition coefficient (Wildman–Crippen LogP) is 2.03. The second kappa shape index (κ2) is 7.19. The zero-order valence-corrected chi connectivity index (χ0v) is 16.6. The first-order valence-electron chi connectivity index (χ1n) is 9.38. The van der Waals surface area contributed by atoms with Gasteiger partial charge >= 0.3 is 0 Å². The molecule has 0 saturated heterocycles. The Labute approximate surface area is 156 Å². The number of fused-ring (bicyclic) bond motifs is 1. The van der Waals surface area contributed by atoms with Crippen molar-refractivity contribution in [3.63, 3.8) is 0 Å². The van der Waals surface area contributed by atoms with Crippen molar-refractivity contribution < 1.29 is 13.2 Å². The molecule has 1 amide bonds. The maximum absolute atomic E-state index is 12.6. The van der Waals surface area contributed by atoms with E-state index in [0.29, 0.717) is 24.8 Å². The zero-order valence-electron chi connectivity index (χ0n) is 15.7. The molecule has 1 saturated carbocycles. The van der Waals surface area contributed by atoms with E-state index in [2.05, 4.69) is 31.0 Å². The molecule has 4 atom stereocenters. The normalized spacial score (nSPS) is 28.7. The molecule has 1 aromatic carbocycles. The fourth-order valence-corrected chi connectivity index (χ4v) is 4.85. The maximum Gasteiger partial charge on any atom is 0.239 e. The molecule has 0 bridgehead atoms. The molecule has 0 spiro atoms. The number of primary sulfonamides is 1. The molecular formula is C19H29N3O3S. The van der Waals surface area contributed by atoms with Gasteiger partial charge in [-0.2, -0.15) is 0 Å². The Hall–Kier alpha value is -1.60. The van der Waals surface area contributed by atoms with Crippen molar-refractivity contribution in [2.24, 2.45) is 17.0 Å². The highest BCUT2D eigenvalue weighted by atomic mass is 32.2. The fraction of sp³-hybridized carbons (Fsp3) is 0.632. The van der Waals surface area contributed by atoms with E-state index in [9.17, 15) is 13.2 Å². The van der Waals surface area contributed by atoms with Crippen LogP contribution in [0, 0.1) is 11.8 Å². The molecule has 3 rings (SSSR count). The second-order valence-corrected chi connectivity index (χ2v) is 9.52. The molecule has 1 aliphatic carbocycles. The van der Waals surface area contributed by atoms with Gasteiger partial charge in [-0.05, 0) is 55.4 Å². The van der Waals surface area contributed by atoms with E-state index in [4.69, 9.17) is 5.14 Å². The quantitative estimate of drug-likeness (QED) is 0.837. The summed E-state index contributed by atoms with van der Waals surface area (Å²) in [6, 6.07) is 5.30. The number of nitrogens with one attached hydrogen (secondary N) is 1. The Morgan fingerprint density at radius 1 is 1.27 bits per heavy atom. The first-order valence-corrected chi connectivity index (χ1v) is 10.9. The summed E-state index contributed by atoms with van der Waals surface area (Å²) in [5.74, 6) is 1.16. The van der Waals surface area contributed by atoms with Crippen molar-refractivity contribution in [1.29, 1.82) is 0 Å². The predicted molar refractivity (Wildman–Crippen MR) is 102 cm³/mol. The number of nitrogens with two attached hydrogens (primary N) is 1. The number of carbonyl (C=O) groups is 1. The monoisotopic (exact) mass is 379 g/mol. The molecule has 1 aromatic rings. The Balaban J connectivity index is 1.70. The third-order valence-electron chi connectivity index (χ3n) is 6.10. The lowest BCUT2D eigenvalue weighted by Crippen LogP contribution is -2.48. The average molecular weight is 380 g/mol. The number of amides is 1. The van der Waals surface area contributed by atoms with Crippen molar-refractivity contribution in [1.82, 2.24) is 5.32 Å². The van der Waals surface area contributed by atoms with E-state index < -0.39 is 10.0 Å². The van der Waals surface area contributed by atoms with Crippen LogP contribution in [0.15, 0.2) is 23.1 Å². The fourth-order valence-electron chi connectivity index (χ4n) is 4.28. The number of sulfonamides is 1. The molecule has 0 aromatic heterocycles. The minimum absolute atomic E-state index is 0.0335. The first kappa shape index (κ1) is 19.2. The summed E-state index contributed by atoms with van der Waals surface area (Å²) in [5.41, 5.74) is 1.85. The largest absolute Gasteiger partial charge is 0.359 e. The van der Waals surface area contributed by atoms with Crippen molar-refractivity contribution in [2.45, 2.75) is 63.4 Å². The average Bonchev–Trinajstić information content (AvgIpc) is 2.86. The number of hydrogen-bond donors (Lipinski definition) is 2. The van der Waals surface area contributed by atoms with Crippen molar-refractivity contribution in [3.8, 4) is 0 Å². The second-order valence-electron chi connectivity index (χ2n) is 7.96. The SMILES string of the molecule is C[C@H]1[C@H](C)CCC[C@@H]1NC(=O)CN1c2ccc(S(N)(=O)=O)cc2C[C@H]1C. The summed E-state index contributed by atoms with van der Waals surface area (Å²) in [6.07, 6.45) is 4.15. The minimum Gasteiger partial charge on any atom is -0.359 e. The lowest BCUT2D eigenvalue weighted by Gasteiger charge is -2.35. The van der Waals surface area contributed by atoms with E-state index >= 15 is 0 Å². The number of carbonyl (C=O) groups excluding carboxylic acids is 1. The molecule has 0 radical (unpaired) electrons. The van der Waals surface area contributed by atoms with Gasteiger partial charge in [-0.3, -0.25) is 4.79 Å². The third-order valence-corrected chi connectivity index (χ3v) is 7.01. The van der Waals surface area contributed by atoms with Crippen LogP contribution in [0.25, 0.3) is 0 Å². The van der Waals surface area contributed by atoms with Crippen LogP contribution >= 0.6 is 0 Å². The number of nitrogens with zero attached hydrogens (tertiary/aromatic N) is 1. The Morgan fingerprint density at radius 3 is 2.69 bits per heavy atom. The van der Waals surface area contributed by atoms with Gasteiger partial charge in [0.15, 0.2) is 0 Å². The highest BCUT2D eigenvalue weighted by Crippen LogP contribution is 2.34. The molecule has 7 heteroatoms. The van der Waals surface area contributed by atoms with Gasteiger partial charge in [0, 0.05) is 17.8 Å². The molecule has 1 fully saturated rings. The highest BCUT2D eigenvalue weighted by Gasteiger charge is 2.31. The van der Waals surface area contributed by atoms with E-state index in [1.54, 1.807) is 12.1 Å². The van der Waals surface area contributed by atoms with E-state index in [-0.39, 0.29) is 22.9 Å². The molecular weight excluding hydrogens is 350 g/mol. The van der Waals surface area contributed by atoms with Crippen molar-refractivity contribution >= 4 is 21.6 Å². The van der Waals surface area contributed by atoms with Crippen LogP contribution in [0.1, 0.15) is 45.6 Å². The summed E-state index contributed by atoms with van der Waals surface area (Å²) in [6.45, 7) is 6.82. The van der Waals surface area contributed by atoms with Crippen LogP contribution in [-0.4, -0.2) is 33.0 Å². The molecule has 1 heterocycles. The van der Waals surface area contributed by atoms with Gasteiger partial charge < -0.3 is 10.2 Å². The van der Waals surface area contributed by atoms with Crippen LogP contribution in [0.5, 0.6) is 0 Å². The lowest BCUT2D eigenvalue weighted by atomic mass is 9.78. The Morgan fingerprint density at radius 2 is 2.00 bits per heavy atom. The van der Waals surface area contributed by atoms with Crippen LogP contribution in [0.3, 0.4) is 0 Å². The molecule has 0 unspecified atom stereocenters. The van der Waals surface area contributed by atoms with Gasteiger partial charge in [-0.15, -0.1) is 0 Å². The summed E-state index contributed by atoms with van der Waals surface area (Å²) in [7, 11) is -3.71. The van der Waals surface area contributed by atoms with Gasteiger partial charge in [0.05, 0.1) is 11.4 Å². The van der Waals surface area contributed by atoms with Crippen LogP contribution in [0.4, 0.5) is 5.69 Å². The smallest absolute Gasteiger partial charge is 0.239 e. The van der Waals surface area contributed by atoms with E-state index in [1.165, 1.54) is 12.5 Å². The molecule has 6 nitrogen and oxygen atoms in total. The number of hydrogen-bond acceptors (Lipinski definition) is 4. The lowest BCUT2D eigenvalue weighted by molar-refractivity contribution is -0.121. The van der Waals surface area contributed by atoms with Gasteiger partial charge in [0.1, 0.15) is 0 Å². The maximum atomic E-state index is 12.6. The Bertz CT molecular complexity index is 793. The number of rotatable bonds is 4. The van der Waals surface area contributed by atoms with Gasteiger partial charge in [-0.25, -0.2) is 13.6 Å². The van der Waals surface area contributed by atoms with Crippen LogP contribution in [0.2, 0.25) is 0 Å². The summed E-state index contributed by atoms with van der Waals surface area (Å²) in [5, 5.41) is 8.44. The summed E-state index contributed by atoms with van der Waals surface area (Å²) < 4.78 is 23.1. The molecule has 3 N–H and O–H groups in total. The van der Waals surface area contributed by atoms with E-state index in [1.807, 2.05) is 0 Å². The number of anilines is 1.